The molecule has 0 bridgehead atoms. The Labute approximate surface area is 191 Å². The van der Waals surface area contributed by atoms with E-state index in [1.165, 1.54) is 18.4 Å². The standard InChI is InChI=1S/C26H35N5O/c1-17-13-20(14-18(2)24(17)32)16-27-15-19-9-11-21(12-10-19)28-26-29-23-8-6-5-7-22(23)25(30-26)31(3)4/h5-8,13-14,19,21,27,32H,9-12,15-16H2,1-4H3,(H,28,29,30)/t19-,21+. The number of benzene rings is 2. The Balaban J connectivity index is 1.29. The van der Waals surface area contributed by atoms with Gasteiger partial charge in [-0.2, -0.15) is 4.98 Å². The Bertz CT molecular complexity index is 1050. The first-order valence-corrected chi connectivity index (χ1v) is 11.6. The third-order valence-electron chi connectivity index (χ3n) is 6.50. The zero-order chi connectivity index (χ0) is 22.7. The molecule has 1 saturated carbocycles. The van der Waals surface area contributed by atoms with Gasteiger partial charge in [0, 0.05) is 32.1 Å². The molecule has 170 valence electrons. The molecule has 3 N–H and O–H groups in total. The van der Waals surface area contributed by atoms with Crippen LogP contribution < -0.4 is 15.5 Å². The van der Waals surface area contributed by atoms with Gasteiger partial charge in [0.2, 0.25) is 5.95 Å². The minimum absolute atomic E-state index is 0.410. The van der Waals surface area contributed by atoms with Gasteiger partial charge in [0.1, 0.15) is 11.6 Å². The van der Waals surface area contributed by atoms with Crippen molar-refractivity contribution in [1.29, 1.82) is 0 Å². The van der Waals surface area contributed by atoms with Gasteiger partial charge in [-0.1, -0.05) is 24.3 Å². The van der Waals surface area contributed by atoms with Crippen LogP contribution in [0.3, 0.4) is 0 Å². The molecule has 32 heavy (non-hydrogen) atoms. The third kappa shape index (κ3) is 5.13. The predicted molar refractivity (Wildman–Crippen MR) is 133 cm³/mol. The molecule has 0 radical (unpaired) electrons. The van der Waals surface area contributed by atoms with Gasteiger partial charge >= 0.3 is 0 Å². The van der Waals surface area contributed by atoms with E-state index in [0.29, 0.717) is 17.7 Å². The molecule has 0 amide bonds. The monoisotopic (exact) mass is 433 g/mol. The van der Waals surface area contributed by atoms with E-state index in [9.17, 15) is 5.11 Å². The first kappa shape index (κ1) is 22.3. The average molecular weight is 434 g/mol. The van der Waals surface area contributed by atoms with Gasteiger partial charge in [-0.05, 0) is 80.8 Å². The van der Waals surface area contributed by atoms with Crippen LogP contribution in [0.2, 0.25) is 0 Å². The molecule has 0 aliphatic heterocycles. The minimum atomic E-state index is 0.410. The maximum Gasteiger partial charge on any atom is 0.225 e. The summed E-state index contributed by atoms with van der Waals surface area (Å²) in [7, 11) is 4.05. The summed E-state index contributed by atoms with van der Waals surface area (Å²) in [6.45, 7) is 5.79. The Morgan fingerprint density at radius 2 is 1.69 bits per heavy atom. The lowest BCUT2D eigenvalue weighted by atomic mass is 9.86. The van der Waals surface area contributed by atoms with Gasteiger partial charge in [0.15, 0.2) is 0 Å². The fraction of sp³-hybridized carbons (Fsp3) is 0.462. The summed E-state index contributed by atoms with van der Waals surface area (Å²) in [5, 5.41) is 18.2. The van der Waals surface area contributed by atoms with E-state index >= 15 is 0 Å². The van der Waals surface area contributed by atoms with Gasteiger partial charge in [-0.25, -0.2) is 4.98 Å². The number of rotatable bonds is 7. The number of hydrogen-bond donors (Lipinski definition) is 3. The molecule has 0 atom stereocenters. The SMILES string of the molecule is Cc1cc(CNC[C@H]2CC[C@@H](Nc3nc(N(C)C)c4ccccc4n3)CC2)cc(C)c1O. The zero-order valence-electron chi connectivity index (χ0n) is 19.7. The van der Waals surface area contributed by atoms with Crippen molar-refractivity contribution >= 4 is 22.7 Å². The van der Waals surface area contributed by atoms with E-state index < -0.39 is 0 Å². The van der Waals surface area contributed by atoms with Crippen LogP contribution in [-0.4, -0.2) is 41.8 Å². The largest absolute Gasteiger partial charge is 0.507 e. The second-order valence-electron chi connectivity index (χ2n) is 9.35. The van der Waals surface area contributed by atoms with Crippen molar-refractivity contribution in [2.24, 2.45) is 5.92 Å². The van der Waals surface area contributed by atoms with Crippen LogP contribution >= 0.6 is 0 Å². The highest BCUT2D eigenvalue weighted by Crippen LogP contribution is 2.28. The van der Waals surface area contributed by atoms with E-state index in [4.69, 9.17) is 9.97 Å². The molecule has 1 heterocycles. The number of para-hydroxylation sites is 1. The van der Waals surface area contributed by atoms with Crippen molar-refractivity contribution in [3.8, 4) is 5.75 Å². The molecule has 0 unspecified atom stereocenters. The molecule has 6 nitrogen and oxygen atoms in total. The van der Waals surface area contributed by atoms with Gasteiger partial charge in [-0.3, -0.25) is 0 Å². The summed E-state index contributed by atoms with van der Waals surface area (Å²) in [5.41, 5.74) is 4.10. The highest BCUT2D eigenvalue weighted by molar-refractivity contribution is 5.90. The number of aromatic nitrogens is 2. The third-order valence-corrected chi connectivity index (χ3v) is 6.50. The molecule has 0 spiro atoms. The first-order valence-electron chi connectivity index (χ1n) is 11.6. The second kappa shape index (κ2) is 9.74. The molecule has 0 saturated heterocycles. The van der Waals surface area contributed by atoms with E-state index in [-0.39, 0.29) is 0 Å². The van der Waals surface area contributed by atoms with Crippen molar-refractivity contribution in [3.05, 3.63) is 53.1 Å². The number of phenols is 1. The van der Waals surface area contributed by atoms with Crippen LogP contribution in [0.15, 0.2) is 36.4 Å². The van der Waals surface area contributed by atoms with Crippen LogP contribution in [0.5, 0.6) is 5.75 Å². The number of hydrogen-bond acceptors (Lipinski definition) is 6. The molecule has 1 aliphatic carbocycles. The second-order valence-corrected chi connectivity index (χ2v) is 9.35. The zero-order valence-corrected chi connectivity index (χ0v) is 19.7. The normalized spacial score (nSPS) is 18.6. The first-order chi connectivity index (χ1) is 15.4. The Morgan fingerprint density at radius 3 is 2.38 bits per heavy atom. The van der Waals surface area contributed by atoms with Crippen LogP contribution in [0.25, 0.3) is 10.9 Å². The van der Waals surface area contributed by atoms with E-state index in [2.05, 4.69) is 39.8 Å². The summed E-state index contributed by atoms with van der Waals surface area (Å²) >= 11 is 0. The van der Waals surface area contributed by atoms with Gasteiger partial charge in [0.05, 0.1) is 5.52 Å². The molecule has 1 aromatic heterocycles. The van der Waals surface area contributed by atoms with Crippen LogP contribution in [0.4, 0.5) is 11.8 Å². The fourth-order valence-electron chi connectivity index (χ4n) is 4.73. The Kier molecular flexibility index (Phi) is 6.80. The van der Waals surface area contributed by atoms with E-state index in [0.717, 1.165) is 59.7 Å². The number of anilines is 2. The van der Waals surface area contributed by atoms with Crippen LogP contribution in [0, 0.1) is 19.8 Å². The fourth-order valence-corrected chi connectivity index (χ4v) is 4.73. The topological polar surface area (TPSA) is 73.3 Å². The van der Waals surface area contributed by atoms with Crippen molar-refractivity contribution in [2.45, 2.75) is 52.1 Å². The molecular weight excluding hydrogens is 398 g/mol. The predicted octanol–water partition coefficient (Wildman–Crippen LogP) is 4.78. The van der Waals surface area contributed by atoms with E-state index in [1.807, 2.05) is 40.1 Å². The van der Waals surface area contributed by atoms with Crippen LogP contribution in [0.1, 0.15) is 42.4 Å². The lowest BCUT2D eigenvalue weighted by Gasteiger charge is -2.29. The number of nitrogens with one attached hydrogen (secondary N) is 2. The number of nitrogens with zero attached hydrogens (tertiary/aromatic N) is 3. The van der Waals surface area contributed by atoms with Crippen molar-refractivity contribution in [3.63, 3.8) is 0 Å². The summed E-state index contributed by atoms with van der Waals surface area (Å²) in [6.07, 6.45) is 4.67. The Morgan fingerprint density at radius 1 is 1.00 bits per heavy atom. The van der Waals surface area contributed by atoms with E-state index in [1.54, 1.807) is 0 Å². The average Bonchev–Trinajstić information content (AvgIpc) is 2.78. The maximum absolute atomic E-state index is 9.95. The molecular formula is C26H35N5O. The summed E-state index contributed by atoms with van der Waals surface area (Å²) < 4.78 is 0. The number of aromatic hydroxyl groups is 1. The molecule has 3 aromatic rings. The molecule has 2 aromatic carbocycles. The number of phenolic OH excluding ortho intramolecular Hbond substituents is 1. The van der Waals surface area contributed by atoms with Crippen LogP contribution in [-0.2, 0) is 6.54 Å². The molecule has 6 heteroatoms. The van der Waals surface area contributed by atoms with Crippen molar-refractivity contribution in [2.75, 3.05) is 30.9 Å². The summed E-state index contributed by atoms with van der Waals surface area (Å²) in [5.74, 6) is 2.79. The molecule has 4 rings (SSSR count). The molecule has 1 fully saturated rings. The highest BCUT2D eigenvalue weighted by Gasteiger charge is 2.22. The van der Waals surface area contributed by atoms with Crippen molar-refractivity contribution < 1.29 is 5.11 Å². The number of aryl methyl sites for hydroxylation is 2. The molecule has 1 aliphatic rings. The quantitative estimate of drug-likeness (QED) is 0.498. The van der Waals surface area contributed by atoms with Gasteiger partial charge in [-0.15, -0.1) is 0 Å². The van der Waals surface area contributed by atoms with Gasteiger partial charge < -0.3 is 20.6 Å². The maximum atomic E-state index is 9.95. The van der Waals surface area contributed by atoms with Crippen molar-refractivity contribution in [1.82, 2.24) is 15.3 Å². The smallest absolute Gasteiger partial charge is 0.225 e. The number of fused-ring (bicyclic) bond motifs is 1. The minimum Gasteiger partial charge on any atom is -0.507 e. The highest BCUT2D eigenvalue weighted by atomic mass is 16.3. The summed E-state index contributed by atoms with van der Waals surface area (Å²) in [6, 6.07) is 12.7. The Hall–Kier alpha value is -2.86. The van der Waals surface area contributed by atoms with Gasteiger partial charge in [0.25, 0.3) is 0 Å². The summed E-state index contributed by atoms with van der Waals surface area (Å²) in [4.78, 5) is 11.6. The lowest BCUT2D eigenvalue weighted by Crippen LogP contribution is -2.31. The lowest BCUT2D eigenvalue weighted by molar-refractivity contribution is 0.323.